The lowest BCUT2D eigenvalue weighted by Crippen LogP contribution is -2.05. The third-order valence-corrected chi connectivity index (χ3v) is 3.08. The van der Waals surface area contributed by atoms with Gasteiger partial charge in [-0.15, -0.1) is 0 Å². The van der Waals surface area contributed by atoms with Gasteiger partial charge in [-0.2, -0.15) is 0 Å². The number of carbonyl (C=O) groups is 1. The lowest BCUT2D eigenvalue weighted by Gasteiger charge is -2.06. The van der Waals surface area contributed by atoms with Crippen LogP contribution in [0.2, 0.25) is 0 Å². The SMILES string of the molecule is COc1ccc(C(=O)OCc2cccc(Br)c2)cc1. The summed E-state index contributed by atoms with van der Waals surface area (Å²) in [5.41, 5.74) is 1.45. The Balaban J connectivity index is 1.97. The summed E-state index contributed by atoms with van der Waals surface area (Å²) < 4.78 is 11.2. The highest BCUT2D eigenvalue weighted by Crippen LogP contribution is 2.15. The molecular formula is C15H13BrO3. The maximum atomic E-state index is 11.8. The molecule has 0 aliphatic rings. The van der Waals surface area contributed by atoms with Crippen LogP contribution in [0.4, 0.5) is 0 Å². The molecule has 0 heterocycles. The maximum Gasteiger partial charge on any atom is 0.338 e. The molecule has 0 radical (unpaired) electrons. The summed E-state index contributed by atoms with van der Waals surface area (Å²) in [5, 5.41) is 0. The van der Waals surface area contributed by atoms with E-state index in [0.29, 0.717) is 11.3 Å². The maximum absolute atomic E-state index is 11.8. The Morgan fingerprint density at radius 1 is 1.16 bits per heavy atom. The highest BCUT2D eigenvalue weighted by Gasteiger charge is 2.07. The van der Waals surface area contributed by atoms with Crippen molar-refractivity contribution in [2.75, 3.05) is 7.11 Å². The molecule has 0 saturated carbocycles. The lowest BCUT2D eigenvalue weighted by atomic mass is 10.2. The van der Waals surface area contributed by atoms with E-state index in [0.717, 1.165) is 10.0 Å². The molecule has 0 saturated heterocycles. The van der Waals surface area contributed by atoms with Crippen LogP contribution >= 0.6 is 15.9 Å². The quantitative estimate of drug-likeness (QED) is 0.803. The fourth-order valence-corrected chi connectivity index (χ4v) is 2.03. The molecule has 0 unspecified atom stereocenters. The Kier molecular flexibility index (Phi) is 4.58. The molecule has 0 fully saturated rings. The number of benzene rings is 2. The highest BCUT2D eigenvalue weighted by atomic mass is 79.9. The van der Waals surface area contributed by atoms with Crippen molar-refractivity contribution < 1.29 is 14.3 Å². The van der Waals surface area contributed by atoms with Crippen LogP contribution in [0, 0.1) is 0 Å². The Morgan fingerprint density at radius 2 is 1.89 bits per heavy atom. The van der Waals surface area contributed by atoms with Crippen LogP contribution in [0.15, 0.2) is 53.0 Å². The van der Waals surface area contributed by atoms with Crippen molar-refractivity contribution in [3.8, 4) is 5.75 Å². The molecule has 0 aliphatic heterocycles. The third-order valence-electron chi connectivity index (χ3n) is 2.58. The number of carbonyl (C=O) groups excluding carboxylic acids is 1. The van der Waals surface area contributed by atoms with Gasteiger partial charge >= 0.3 is 5.97 Å². The first-order chi connectivity index (χ1) is 9.19. The molecule has 98 valence electrons. The van der Waals surface area contributed by atoms with Crippen molar-refractivity contribution in [1.29, 1.82) is 0 Å². The Labute approximate surface area is 120 Å². The average molecular weight is 321 g/mol. The molecule has 0 aromatic heterocycles. The van der Waals surface area contributed by atoms with E-state index in [1.54, 1.807) is 31.4 Å². The molecule has 0 atom stereocenters. The van der Waals surface area contributed by atoms with Crippen molar-refractivity contribution in [2.45, 2.75) is 6.61 Å². The molecule has 19 heavy (non-hydrogen) atoms. The lowest BCUT2D eigenvalue weighted by molar-refractivity contribution is 0.0472. The predicted octanol–water partition coefficient (Wildman–Crippen LogP) is 3.81. The van der Waals surface area contributed by atoms with Crippen LogP contribution in [0.1, 0.15) is 15.9 Å². The minimum absolute atomic E-state index is 0.254. The molecule has 0 amide bonds. The van der Waals surface area contributed by atoms with Gasteiger partial charge in [-0.25, -0.2) is 4.79 Å². The first-order valence-electron chi connectivity index (χ1n) is 5.74. The van der Waals surface area contributed by atoms with E-state index in [4.69, 9.17) is 9.47 Å². The van der Waals surface area contributed by atoms with Gasteiger partial charge in [0, 0.05) is 4.47 Å². The smallest absolute Gasteiger partial charge is 0.338 e. The third kappa shape index (κ3) is 3.83. The van der Waals surface area contributed by atoms with E-state index in [1.807, 2.05) is 24.3 Å². The van der Waals surface area contributed by atoms with Gasteiger partial charge in [0.2, 0.25) is 0 Å². The van der Waals surface area contributed by atoms with Crippen molar-refractivity contribution in [3.05, 3.63) is 64.1 Å². The van der Waals surface area contributed by atoms with E-state index in [-0.39, 0.29) is 12.6 Å². The predicted molar refractivity (Wildman–Crippen MR) is 76.3 cm³/mol. The Morgan fingerprint density at radius 3 is 2.53 bits per heavy atom. The molecule has 3 nitrogen and oxygen atoms in total. The first kappa shape index (κ1) is 13.6. The standard InChI is InChI=1S/C15H13BrO3/c1-18-14-7-5-12(6-8-14)15(17)19-10-11-3-2-4-13(16)9-11/h2-9H,10H2,1H3. The number of halogens is 1. The molecule has 0 N–H and O–H groups in total. The van der Waals surface area contributed by atoms with Crippen molar-refractivity contribution in [3.63, 3.8) is 0 Å². The zero-order chi connectivity index (χ0) is 13.7. The number of hydrogen-bond donors (Lipinski definition) is 0. The fourth-order valence-electron chi connectivity index (χ4n) is 1.59. The number of hydrogen-bond acceptors (Lipinski definition) is 3. The van der Waals surface area contributed by atoms with E-state index in [1.165, 1.54) is 0 Å². The van der Waals surface area contributed by atoms with Crippen LogP contribution in [-0.4, -0.2) is 13.1 Å². The summed E-state index contributed by atoms with van der Waals surface area (Å²) in [6, 6.07) is 14.5. The van der Waals surface area contributed by atoms with Gasteiger partial charge in [0.25, 0.3) is 0 Å². The monoisotopic (exact) mass is 320 g/mol. The summed E-state index contributed by atoms with van der Waals surface area (Å²) in [6.45, 7) is 0.254. The van der Waals surface area contributed by atoms with E-state index in [2.05, 4.69) is 15.9 Å². The average Bonchev–Trinajstić information content (AvgIpc) is 2.45. The van der Waals surface area contributed by atoms with Gasteiger partial charge in [0.1, 0.15) is 12.4 Å². The van der Waals surface area contributed by atoms with Crippen LogP contribution < -0.4 is 4.74 Å². The second-order valence-electron chi connectivity index (χ2n) is 3.93. The zero-order valence-corrected chi connectivity index (χ0v) is 12.0. The summed E-state index contributed by atoms with van der Waals surface area (Å²) >= 11 is 3.38. The number of ether oxygens (including phenoxy) is 2. The van der Waals surface area contributed by atoms with E-state index >= 15 is 0 Å². The second-order valence-corrected chi connectivity index (χ2v) is 4.85. The molecule has 0 bridgehead atoms. The van der Waals surface area contributed by atoms with Crippen LogP contribution in [0.5, 0.6) is 5.75 Å². The van der Waals surface area contributed by atoms with Crippen LogP contribution in [0.3, 0.4) is 0 Å². The zero-order valence-electron chi connectivity index (χ0n) is 10.4. The Bertz CT molecular complexity index is 564. The van der Waals surface area contributed by atoms with E-state index < -0.39 is 0 Å². The summed E-state index contributed by atoms with van der Waals surface area (Å²) in [5.74, 6) is 0.367. The molecular weight excluding hydrogens is 308 g/mol. The largest absolute Gasteiger partial charge is 0.497 e. The normalized spacial score (nSPS) is 10.0. The number of rotatable bonds is 4. The van der Waals surface area contributed by atoms with Gasteiger partial charge < -0.3 is 9.47 Å². The molecule has 4 heteroatoms. The summed E-state index contributed by atoms with van der Waals surface area (Å²) in [7, 11) is 1.58. The van der Waals surface area contributed by atoms with Gasteiger partial charge in [-0.1, -0.05) is 28.1 Å². The minimum Gasteiger partial charge on any atom is -0.497 e. The van der Waals surface area contributed by atoms with Gasteiger partial charge in [-0.3, -0.25) is 0 Å². The first-order valence-corrected chi connectivity index (χ1v) is 6.54. The topological polar surface area (TPSA) is 35.5 Å². The van der Waals surface area contributed by atoms with Crippen LogP contribution in [0.25, 0.3) is 0 Å². The van der Waals surface area contributed by atoms with E-state index in [9.17, 15) is 4.79 Å². The molecule has 2 aromatic carbocycles. The van der Waals surface area contributed by atoms with Crippen molar-refractivity contribution in [2.24, 2.45) is 0 Å². The molecule has 0 aliphatic carbocycles. The van der Waals surface area contributed by atoms with Gasteiger partial charge in [0.05, 0.1) is 12.7 Å². The second kappa shape index (κ2) is 6.38. The summed E-state index contributed by atoms with van der Waals surface area (Å²) in [6.07, 6.45) is 0. The fraction of sp³-hybridized carbons (Fsp3) is 0.133. The highest BCUT2D eigenvalue weighted by molar-refractivity contribution is 9.10. The Hall–Kier alpha value is -1.81. The molecule has 2 aromatic rings. The van der Waals surface area contributed by atoms with Gasteiger partial charge in [0.15, 0.2) is 0 Å². The van der Waals surface area contributed by atoms with Crippen molar-refractivity contribution >= 4 is 21.9 Å². The minimum atomic E-state index is -0.345. The van der Waals surface area contributed by atoms with Crippen molar-refractivity contribution in [1.82, 2.24) is 0 Å². The molecule has 0 spiro atoms. The number of esters is 1. The van der Waals surface area contributed by atoms with Crippen LogP contribution in [-0.2, 0) is 11.3 Å². The summed E-state index contributed by atoms with van der Waals surface area (Å²) in [4.78, 5) is 11.8. The number of methoxy groups -OCH3 is 1. The van der Waals surface area contributed by atoms with Gasteiger partial charge in [-0.05, 0) is 42.0 Å². The molecule has 2 rings (SSSR count).